The summed E-state index contributed by atoms with van der Waals surface area (Å²) in [7, 11) is 2.89. The van der Waals surface area contributed by atoms with E-state index in [1.54, 1.807) is 18.2 Å². The number of phenols is 1. The van der Waals surface area contributed by atoms with Crippen LogP contribution in [0.5, 0.6) is 17.2 Å². The third-order valence-corrected chi connectivity index (χ3v) is 5.98. The Morgan fingerprint density at radius 1 is 1.18 bits per heavy atom. The number of aromatic hydroxyl groups is 1. The minimum atomic E-state index is -0.521. The number of halogens is 1. The first-order valence-electron chi connectivity index (χ1n) is 10.7. The van der Waals surface area contributed by atoms with Gasteiger partial charge in [-0.15, -0.1) is 0 Å². The largest absolute Gasteiger partial charge is 0.504 e. The number of hydrogen-bond donors (Lipinski definition) is 2. The average Bonchev–Trinajstić information content (AvgIpc) is 3.31. The lowest BCUT2D eigenvalue weighted by Crippen LogP contribution is -2.46. The second kappa shape index (κ2) is 9.68. The lowest BCUT2D eigenvalue weighted by Gasteiger charge is -2.37. The van der Waals surface area contributed by atoms with Crippen molar-refractivity contribution in [3.8, 4) is 28.6 Å². The number of aromatic nitrogens is 2. The summed E-state index contributed by atoms with van der Waals surface area (Å²) in [5.41, 5.74) is 2.75. The van der Waals surface area contributed by atoms with Crippen LogP contribution in [0.25, 0.3) is 17.0 Å². The van der Waals surface area contributed by atoms with Crippen LogP contribution in [0.1, 0.15) is 37.8 Å². The topological polar surface area (TPSA) is 92.9 Å². The van der Waals surface area contributed by atoms with Gasteiger partial charge in [-0.1, -0.05) is 18.1 Å². The quantitative estimate of drug-likeness (QED) is 0.464. The van der Waals surface area contributed by atoms with Crippen LogP contribution in [-0.4, -0.2) is 46.0 Å². The lowest BCUT2D eigenvalue weighted by atomic mass is 9.94. The van der Waals surface area contributed by atoms with Gasteiger partial charge in [-0.25, -0.2) is 4.39 Å². The SMILES string of the molecule is CCCN1C(=S)NC(c2ccc(OC)c(O)c2)C(c2nc(-c3ccc(OC)c(F)c3)no2)=C1C. The molecule has 178 valence electrons. The van der Waals surface area contributed by atoms with Crippen LogP contribution in [0.3, 0.4) is 0 Å². The first-order chi connectivity index (χ1) is 16.4. The van der Waals surface area contributed by atoms with Crippen molar-refractivity contribution in [3.05, 3.63) is 59.4 Å². The maximum absolute atomic E-state index is 14.2. The number of ether oxygens (including phenoxy) is 2. The van der Waals surface area contributed by atoms with Crippen LogP contribution in [0, 0.1) is 5.82 Å². The van der Waals surface area contributed by atoms with Crippen molar-refractivity contribution in [1.82, 2.24) is 20.4 Å². The van der Waals surface area contributed by atoms with E-state index in [2.05, 4.69) is 22.4 Å². The van der Waals surface area contributed by atoms with E-state index in [1.807, 2.05) is 17.9 Å². The molecule has 10 heteroatoms. The fraction of sp³-hybridized carbons (Fsp3) is 0.292. The van der Waals surface area contributed by atoms with Crippen LogP contribution in [0.4, 0.5) is 4.39 Å². The summed E-state index contributed by atoms with van der Waals surface area (Å²) in [4.78, 5) is 6.54. The molecule has 0 bridgehead atoms. The zero-order valence-corrected chi connectivity index (χ0v) is 20.1. The third-order valence-electron chi connectivity index (χ3n) is 5.65. The van der Waals surface area contributed by atoms with Crippen molar-refractivity contribution in [3.63, 3.8) is 0 Å². The highest BCUT2D eigenvalue weighted by molar-refractivity contribution is 7.80. The molecule has 1 atom stereocenters. The van der Waals surface area contributed by atoms with Gasteiger partial charge in [-0.2, -0.15) is 4.98 Å². The highest BCUT2D eigenvalue weighted by Crippen LogP contribution is 2.40. The van der Waals surface area contributed by atoms with Gasteiger partial charge in [0, 0.05) is 17.8 Å². The first kappa shape index (κ1) is 23.5. The Bertz CT molecular complexity index is 1260. The van der Waals surface area contributed by atoms with Gasteiger partial charge in [-0.3, -0.25) is 0 Å². The van der Waals surface area contributed by atoms with Gasteiger partial charge in [-0.05, 0) is 61.5 Å². The molecule has 1 aliphatic rings. The van der Waals surface area contributed by atoms with Gasteiger partial charge in [0.05, 0.1) is 25.8 Å². The molecular weight excluding hydrogens is 459 g/mol. The Kier molecular flexibility index (Phi) is 6.69. The molecule has 1 unspecified atom stereocenters. The van der Waals surface area contributed by atoms with Gasteiger partial charge in [0.1, 0.15) is 0 Å². The molecule has 1 aromatic heterocycles. The van der Waals surface area contributed by atoms with Gasteiger partial charge < -0.3 is 29.3 Å². The maximum Gasteiger partial charge on any atom is 0.258 e. The van der Waals surface area contributed by atoms with Crippen molar-refractivity contribution in [2.24, 2.45) is 0 Å². The Balaban J connectivity index is 1.80. The number of nitrogens with one attached hydrogen (secondary N) is 1. The molecule has 0 radical (unpaired) electrons. The molecule has 2 aromatic carbocycles. The normalized spacial score (nSPS) is 16.0. The predicted molar refractivity (Wildman–Crippen MR) is 129 cm³/mol. The summed E-state index contributed by atoms with van der Waals surface area (Å²) in [5.74, 6) is 0.473. The van der Waals surface area contributed by atoms with Crippen molar-refractivity contribution >= 4 is 22.9 Å². The van der Waals surface area contributed by atoms with Crippen molar-refractivity contribution in [2.75, 3.05) is 20.8 Å². The standard InChI is InChI=1S/C24H25FN4O4S/c1-5-10-29-13(2)20(21(26-24(29)34)14-6-9-19(32-4)17(30)12-14)23-27-22(28-33-23)15-7-8-18(31-3)16(25)11-15/h6-9,11-12,21,30H,5,10H2,1-4H3,(H,26,34). The van der Waals surface area contributed by atoms with E-state index in [-0.39, 0.29) is 23.2 Å². The van der Waals surface area contributed by atoms with Crippen LogP contribution < -0.4 is 14.8 Å². The molecule has 0 saturated heterocycles. The van der Waals surface area contributed by atoms with Crippen LogP contribution in [0.15, 0.2) is 46.6 Å². The maximum atomic E-state index is 14.2. The second-order valence-corrected chi connectivity index (χ2v) is 8.12. The molecule has 1 aliphatic heterocycles. The summed E-state index contributed by atoms with van der Waals surface area (Å²) in [6.07, 6.45) is 0.876. The number of nitrogens with zero attached hydrogens (tertiary/aromatic N) is 3. The van der Waals surface area contributed by atoms with Crippen LogP contribution in [-0.2, 0) is 0 Å². The van der Waals surface area contributed by atoms with Crippen LogP contribution >= 0.6 is 12.2 Å². The van der Waals surface area contributed by atoms with Crippen molar-refractivity contribution < 1.29 is 23.5 Å². The second-order valence-electron chi connectivity index (χ2n) is 7.74. The fourth-order valence-electron chi connectivity index (χ4n) is 3.94. The zero-order valence-electron chi connectivity index (χ0n) is 19.3. The number of thiocarbonyl (C=S) groups is 1. The minimum Gasteiger partial charge on any atom is -0.504 e. The highest BCUT2D eigenvalue weighted by Gasteiger charge is 2.34. The first-order valence-corrected chi connectivity index (χ1v) is 11.1. The molecule has 8 nitrogen and oxygen atoms in total. The van der Waals surface area contributed by atoms with Gasteiger partial charge >= 0.3 is 0 Å². The van der Waals surface area contributed by atoms with Crippen molar-refractivity contribution in [2.45, 2.75) is 26.3 Å². The van der Waals surface area contributed by atoms with Gasteiger partial charge in [0.25, 0.3) is 5.89 Å². The summed E-state index contributed by atoms with van der Waals surface area (Å²) in [6.45, 7) is 4.70. The average molecular weight is 485 g/mol. The van der Waals surface area contributed by atoms with Crippen molar-refractivity contribution in [1.29, 1.82) is 0 Å². The molecular formula is C24H25FN4O4S. The Morgan fingerprint density at radius 2 is 1.91 bits per heavy atom. The number of benzene rings is 2. The molecule has 4 rings (SSSR count). The number of hydrogen-bond acceptors (Lipinski definition) is 7. The lowest BCUT2D eigenvalue weighted by molar-refractivity contribution is 0.372. The molecule has 3 aromatic rings. The molecule has 34 heavy (non-hydrogen) atoms. The Morgan fingerprint density at radius 3 is 2.56 bits per heavy atom. The number of rotatable bonds is 7. The van der Waals surface area contributed by atoms with Crippen LogP contribution in [0.2, 0.25) is 0 Å². The molecule has 0 amide bonds. The number of allylic oxidation sites excluding steroid dienone is 1. The molecule has 0 fully saturated rings. The zero-order chi connectivity index (χ0) is 24.4. The summed E-state index contributed by atoms with van der Waals surface area (Å²) in [6, 6.07) is 9.13. The predicted octanol–water partition coefficient (Wildman–Crippen LogP) is 4.67. The van der Waals surface area contributed by atoms with E-state index in [9.17, 15) is 9.50 Å². The Hall–Kier alpha value is -3.66. The smallest absolute Gasteiger partial charge is 0.258 e. The van der Waals surface area contributed by atoms with E-state index in [0.29, 0.717) is 28.5 Å². The molecule has 0 saturated carbocycles. The van der Waals surface area contributed by atoms with Gasteiger partial charge in [0.15, 0.2) is 28.2 Å². The summed E-state index contributed by atoms with van der Waals surface area (Å²) >= 11 is 5.62. The van der Waals surface area contributed by atoms with E-state index in [1.165, 1.54) is 26.4 Å². The summed E-state index contributed by atoms with van der Waals surface area (Å²) < 4.78 is 30.0. The fourth-order valence-corrected chi connectivity index (χ4v) is 4.29. The number of methoxy groups -OCH3 is 2. The Labute approximate surface area is 202 Å². The van der Waals surface area contributed by atoms with Gasteiger partial charge in [0.2, 0.25) is 5.82 Å². The number of phenolic OH excluding ortho intramolecular Hbond substituents is 1. The monoisotopic (exact) mass is 484 g/mol. The van der Waals surface area contributed by atoms with E-state index >= 15 is 0 Å². The highest BCUT2D eigenvalue weighted by atomic mass is 32.1. The van der Waals surface area contributed by atoms with E-state index in [4.69, 9.17) is 26.2 Å². The van der Waals surface area contributed by atoms with E-state index < -0.39 is 11.9 Å². The molecule has 2 N–H and O–H groups in total. The molecule has 2 heterocycles. The molecule has 0 spiro atoms. The minimum absolute atomic E-state index is 0.000588. The molecule has 0 aliphatic carbocycles. The van der Waals surface area contributed by atoms with E-state index in [0.717, 1.165) is 17.7 Å². The summed E-state index contributed by atoms with van der Waals surface area (Å²) in [5, 5.41) is 18.3. The third kappa shape index (κ3) is 4.28.